The largest absolute Gasteiger partial charge is 0.341 e. The summed E-state index contributed by atoms with van der Waals surface area (Å²) in [6.07, 6.45) is 4.72. The summed E-state index contributed by atoms with van der Waals surface area (Å²) in [5.41, 5.74) is 0. The number of amides is 1. The Morgan fingerprint density at radius 3 is 2.42 bits per heavy atom. The molecule has 1 atom stereocenters. The second kappa shape index (κ2) is 3.05. The van der Waals surface area contributed by atoms with Gasteiger partial charge in [-0.15, -0.1) is 0 Å². The van der Waals surface area contributed by atoms with E-state index in [1.807, 2.05) is 11.9 Å². The molecule has 0 spiro atoms. The van der Waals surface area contributed by atoms with Crippen molar-refractivity contribution in [3.63, 3.8) is 0 Å². The molecule has 1 aliphatic carbocycles. The molecule has 3 nitrogen and oxygen atoms in total. The average Bonchev–Trinajstić information content (AvgIpc) is 1.79. The van der Waals surface area contributed by atoms with Crippen LogP contribution in [0.15, 0.2) is 0 Å². The van der Waals surface area contributed by atoms with Crippen molar-refractivity contribution in [3.8, 4) is 0 Å². The molecule has 68 valence electrons. The topological polar surface area (TPSA) is 32.3 Å². The van der Waals surface area contributed by atoms with Crippen LogP contribution >= 0.6 is 0 Å². The molecule has 0 radical (unpaired) electrons. The molecule has 1 heterocycles. The van der Waals surface area contributed by atoms with E-state index in [0.717, 1.165) is 13.0 Å². The molecule has 2 rings (SSSR count). The molecule has 1 unspecified atom stereocenters. The van der Waals surface area contributed by atoms with E-state index in [1.165, 1.54) is 19.3 Å². The van der Waals surface area contributed by atoms with Gasteiger partial charge in [0.05, 0.1) is 6.04 Å². The number of rotatable bonds is 2. The summed E-state index contributed by atoms with van der Waals surface area (Å²) in [6, 6.07) is 0.676. The maximum atomic E-state index is 11.6. The summed E-state index contributed by atoms with van der Waals surface area (Å²) < 4.78 is 0. The number of carbonyl (C=O) groups is 1. The minimum atomic E-state index is 0.135. The first-order valence-corrected chi connectivity index (χ1v) is 4.79. The quantitative estimate of drug-likeness (QED) is 0.645. The van der Waals surface area contributed by atoms with Gasteiger partial charge in [-0.25, -0.2) is 0 Å². The van der Waals surface area contributed by atoms with Gasteiger partial charge in [-0.05, 0) is 32.2 Å². The summed E-state index contributed by atoms with van der Waals surface area (Å²) in [5.74, 6) is 0.297. The van der Waals surface area contributed by atoms with E-state index in [2.05, 4.69) is 5.32 Å². The highest BCUT2D eigenvalue weighted by Gasteiger charge is 2.32. The van der Waals surface area contributed by atoms with Crippen LogP contribution in [0.25, 0.3) is 0 Å². The predicted octanol–water partition coefficient (Wildman–Crippen LogP) is 0.359. The van der Waals surface area contributed by atoms with Crippen LogP contribution in [0.3, 0.4) is 0 Å². The highest BCUT2D eigenvalue weighted by Crippen LogP contribution is 2.24. The van der Waals surface area contributed by atoms with E-state index < -0.39 is 0 Å². The van der Waals surface area contributed by atoms with Crippen LogP contribution in [0, 0.1) is 0 Å². The monoisotopic (exact) mass is 168 g/mol. The Hall–Kier alpha value is -0.570. The van der Waals surface area contributed by atoms with Crippen molar-refractivity contribution >= 4 is 5.91 Å². The lowest BCUT2D eigenvalue weighted by Gasteiger charge is -2.39. The summed E-state index contributed by atoms with van der Waals surface area (Å²) in [6.45, 7) is 1.01. The average molecular weight is 168 g/mol. The van der Waals surface area contributed by atoms with Gasteiger partial charge < -0.3 is 10.2 Å². The van der Waals surface area contributed by atoms with Gasteiger partial charge in [0, 0.05) is 13.1 Å². The van der Waals surface area contributed by atoms with E-state index in [0.29, 0.717) is 11.9 Å². The maximum Gasteiger partial charge on any atom is 0.239 e. The van der Waals surface area contributed by atoms with Crippen molar-refractivity contribution in [3.05, 3.63) is 0 Å². The van der Waals surface area contributed by atoms with E-state index in [1.54, 1.807) is 0 Å². The molecule has 1 saturated carbocycles. The fraction of sp³-hybridized carbons (Fsp3) is 0.889. The van der Waals surface area contributed by atoms with Gasteiger partial charge in [0.1, 0.15) is 0 Å². The zero-order valence-electron chi connectivity index (χ0n) is 7.55. The number of likely N-dealkylation sites (N-methyl/N-ethyl adjacent to an activating group) is 1. The van der Waals surface area contributed by atoms with Crippen molar-refractivity contribution in [2.24, 2.45) is 0 Å². The number of carbonyl (C=O) groups excluding carboxylic acids is 1. The van der Waals surface area contributed by atoms with E-state index in [4.69, 9.17) is 0 Å². The normalized spacial score (nSPS) is 28.9. The smallest absolute Gasteiger partial charge is 0.239 e. The first kappa shape index (κ1) is 8.05. The van der Waals surface area contributed by atoms with Gasteiger partial charge in [-0.3, -0.25) is 4.79 Å². The Bertz CT molecular complexity index is 185. The molecule has 3 heteroatoms. The molecule has 0 aromatic rings. The molecule has 0 bridgehead atoms. The zero-order valence-corrected chi connectivity index (χ0v) is 7.55. The standard InChI is InChI=1S/C9H16N2O/c1-11(7-3-2-4-7)9(12)8-5-6-10-8/h7-8,10H,2-6H2,1H3. The number of nitrogens with zero attached hydrogens (tertiary/aromatic N) is 1. The molecule has 1 N–H and O–H groups in total. The fourth-order valence-electron chi connectivity index (χ4n) is 1.70. The molecular formula is C9H16N2O. The van der Waals surface area contributed by atoms with Crippen molar-refractivity contribution in [1.29, 1.82) is 0 Å². The maximum absolute atomic E-state index is 11.6. The molecule has 1 saturated heterocycles. The number of hydrogen-bond acceptors (Lipinski definition) is 2. The van der Waals surface area contributed by atoms with Crippen molar-refractivity contribution in [1.82, 2.24) is 10.2 Å². The lowest BCUT2D eigenvalue weighted by molar-refractivity contribution is -0.137. The summed E-state index contributed by atoms with van der Waals surface area (Å²) in [7, 11) is 1.94. The summed E-state index contributed by atoms with van der Waals surface area (Å²) >= 11 is 0. The molecule has 0 aromatic heterocycles. The Morgan fingerprint density at radius 1 is 1.42 bits per heavy atom. The van der Waals surface area contributed by atoms with E-state index in [9.17, 15) is 4.79 Å². The van der Waals surface area contributed by atoms with Crippen LogP contribution in [0.4, 0.5) is 0 Å². The Morgan fingerprint density at radius 2 is 2.08 bits per heavy atom. The summed E-state index contributed by atoms with van der Waals surface area (Å²) in [4.78, 5) is 13.6. The second-order valence-corrected chi connectivity index (χ2v) is 3.83. The Labute approximate surface area is 73.1 Å². The Kier molecular flexibility index (Phi) is 2.05. The third-order valence-electron chi connectivity index (χ3n) is 3.09. The van der Waals surface area contributed by atoms with Crippen LogP contribution in [0.1, 0.15) is 25.7 Å². The third kappa shape index (κ3) is 1.22. The lowest BCUT2D eigenvalue weighted by atomic mass is 9.91. The van der Waals surface area contributed by atoms with Crippen LogP contribution in [-0.4, -0.2) is 36.5 Å². The van der Waals surface area contributed by atoms with Gasteiger partial charge in [0.15, 0.2) is 0 Å². The molecular weight excluding hydrogens is 152 g/mol. The molecule has 2 aliphatic rings. The first-order valence-electron chi connectivity index (χ1n) is 4.79. The summed E-state index contributed by atoms with van der Waals surface area (Å²) in [5, 5.41) is 3.14. The molecule has 0 aromatic carbocycles. The Balaban J connectivity index is 1.84. The van der Waals surface area contributed by atoms with E-state index in [-0.39, 0.29) is 6.04 Å². The van der Waals surface area contributed by atoms with E-state index >= 15 is 0 Å². The number of nitrogens with one attached hydrogen (secondary N) is 1. The van der Waals surface area contributed by atoms with Gasteiger partial charge in [0.2, 0.25) is 5.91 Å². The fourth-order valence-corrected chi connectivity index (χ4v) is 1.70. The highest BCUT2D eigenvalue weighted by molar-refractivity contribution is 5.82. The zero-order chi connectivity index (χ0) is 8.55. The SMILES string of the molecule is CN(C(=O)C1CCN1)C1CCC1. The highest BCUT2D eigenvalue weighted by atomic mass is 16.2. The van der Waals surface area contributed by atoms with Crippen LogP contribution in [0.5, 0.6) is 0 Å². The van der Waals surface area contributed by atoms with Crippen molar-refractivity contribution < 1.29 is 4.79 Å². The minimum Gasteiger partial charge on any atom is -0.341 e. The predicted molar refractivity (Wildman–Crippen MR) is 46.8 cm³/mol. The number of hydrogen-bond donors (Lipinski definition) is 1. The lowest BCUT2D eigenvalue weighted by Crippen LogP contribution is -2.56. The first-order chi connectivity index (χ1) is 5.79. The van der Waals surface area contributed by atoms with Gasteiger partial charge in [-0.2, -0.15) is 0 Å². The third-order valence-corrected chi connectivity index (χ3v) is 3.09. The molecule has 12 heavy (non-hydrogen) atoms. The molecule has 2 fully saturated rings. The van der Waals surface area contributed by atoms with Crippen LogP contribution in [0.2, 0.25) is 0 Å². The van der Waals surface area contributed by atoms with Gasteiger partial charge in [-0.1, -0.05) is 0 Å². The van der Waals surface area contributed by atoms with Gasteiger partial charge in [0.25, 0.3) is 0 Å². The van der Waals surface area contributed by atoms with Crippen LogP contribution in [-0.2, 0) is 4.79 Å². The van der Waals surface area contributed by atoms with Crippen molar-refractivity contribution in [2.75, 3.05) is 13.6 Å². The minimum absolute atomic E-state index is 0.135. The second-order valence-electron chi connectivity index (χ2n) is 3.83. The molecule has 1 amide bonds. The van der Waals surface area contributed by atoms with Crippen molar-refractivity contribution in [2.45, 2.75) is 37.8 Å². The van der Waals surface area contributed by atoms with Crippen LogP contribution < -0.4 is 5.32 Å². The molecule has 1 aliphatic heterocycles. The van der Waals surface area contributed by atoms with Gasteiger partial charge >= 0.3 is 0 Å².